The molecule has 0 saturated heterocycles. The summed E-state index contributed by atoms with van der Waals surface area (Å²) in [4.78, 5) is 27.9. The highest BCUT2D eigenvalue weighted by Crippen LogP contribution is 2.30. The Morgan fingerprint density at radius 1 is 0.971 bits per heavy atom. The van der Waals surface area contributed by atoms with E-state index in [0.717, 1.165) is 10.6 Å². The number of rotatable bonds is 11. The zero-order valence-electron chi connectivity index (χ0n) is 19.5. The van der Waals surface area contributed by atoms with E-state index in [9.17, 15) is 18.0 Å². The van der Waals surface area contributed by atoms with E-state index in [4.69, 9.17) is 46.4 Å². The fourth-order valence-corrected chi connectivity index (χ4v) is 5.04. The average Bonchev–Trinajstić information content (AvgIpc) is 2.78. The zero-order chi connectivity index (χ0) is 26.3. The first-order valence-electron chi connectivity index (χ1n) is 10.8. The lowest BCUT2D eigenvalue weighted by Crippen LogP contribution is -2.52. The van der Waals surface area contributed by atoms with Crippen molar-refractivity contribution in [1.29, 1.82) is 0 Å². The number of hydrogen-bond acceptors (Lipinski definition) is 4. The van der Waals surface area contributed by atoms with Crippen LogP contribution >= 0.6 is 46.4 Å². The molecule has 0 radical (unpaired) electrons. The van der Waals surface area contributed by atoms with Gasteiger partial charge in [0.25, 0.3) is 0 Å². The Balaban J connectivity index is 2.50. The Kier molecular flexibility index (Phi) is 11.0. The highest BCUT2D eigenvalue weighted by atomic mass is 35.5. The van der Waals surface area contributed by atoms with Crippen molar-refractivity contribution in [2.24, 2.45) is 0 Å². The lowest BCUT2D eigenvalue weighted by molar-refractivity contribution is -0.140. The molecule has 0 saturated carbocycles. The molecule has 1 N–H and O–H groups in total. The van der Waals surface area contributed by atoms with Crippen molar-refractivity contribution in [1.82, 2.24) is 10.2 Å². The van der Waals surface area contributed by atoms with Crippen molar-refractivity contribution in [3.05, 3.63) is 62.1 Å². The standard InChI is InChI=1S/C23H27Cl4N3O4S/c1-4-11-28-23(32)21(5-2)29(13-16-17(24)7-6-8-18(16)25)22(31)14-30(35(3,33)34)15-9-10-19(26)20(27)12-15/h6-10,12,21H,4-5,11,13-14H2,1-3H3,(H,28,32). The van der Waals surface area contributed by atoms with Crippen LogP contribution in [0.1, 0.15) is 32.3 Å². The molecule has 2 rings (SSSR count). The molecule has 0 heterocycles. The molecule has 2 aromatic carbocycles. The van der Waals surface area contributed by atoms with E-state index in [1.165, 1.54) is 23.1 Å². The van der Waals surface area contributed by atoms with Gasteiger partial charge in [-0.05, 0) is 43.2 Å². The normalized spacial score (nSPS) is 12.2. The quantitative estimate of drug-likeness (QED) is 0.384. The van der Waals surface area contributed by atoms with E-state index in [0.29, 0.717) is 28.6 Å². The summed E-state index contributed by atoms with van der Waals surface area (Å²) in [5, 5.41) is 3.82. The molecule has 2 amide bonds. The third-order valence-corrected chi connectivity index (χ3v) is 7.78. The summed E-state index contributed by atoms with van der Waals surface area (Å²) < 4.78 is 26.2. The molecule has 7 nitrogen and oxygen atoms in total. The summed E-state index contributed by atoms with van der Waals surface area (Å²) >= 11 is 24.7. The molecular weight excluding hydrogens is 556 g/mol. The summed E-state index contributed by atoms with van der Waals surface area (Å²) in [6.07, 6.45) is 1.98. The lowest BCUT2D eigenvalue weighted by Gasteiger charge is -2.33. The molecule has 1 unspecified atom stereocenters. The molecule has 0 aromatic heterocycles. The predicted octanol–water partition coefficient (Wildman–Crippen LogP) is 5.40. The van der Waals surface area contributed by atoms with Crippen molar-refractivity contribution in [3.8, 4) is 0 Å². The number of hydrogen-bond donors (Lipinski definition) is 1. The van der Waals surface area contributed by atoms with Gasteiger partial charge >= 0.3 is 0 Å². The maximum atomic E-state index is 13.6. The second-order valence-corrected chi connectivity index (χ2v) is 11.3. The van der Waals surface area contributed by atoms with Crippen molar-refractivity contribution in [2.75, 3.05) is 23.7 Å². The number of carbonyl (C=O) groups is 2. The molecule has 12 heteroatoms. The minimum Gasteiger partial charge on any atom is -0.354 e. The molecule has 0 aliphatic carbocycles. The van der Waals surface area contributed by atoms with Gasteiger partial charge in [-0.2, -0.15) is 0 Å². The van der Waals surface area contributed by atoms with E-state index in [1.54, 1.807) is 25.1 Å². The van der Waals surface area contributed by atoms with E-state index in [-0.39, 0.29) is 34.6 Å². The molecule has 1 atom stereocenters. The number of anilines is 1. The lowest BCUT2D eigenvalue weighted by atomic mass is 10.1. The highest BCUT2D eigenvalue weighted by Gasteiger charge is 2.32. The van der Waals surface area contributed by atoms with Crippen LogP contribution < -0.4 is 9.62 Å². The van der Waals surface area contributed by atoms with Crippen molar-refractivity contribution < 1.29 is 18.0 Å². The van der Waals surface area contributed by atoms with E-state index < -0.39 is 28.5 Å². The first-order valence-corrected chi connectivity index (χ1v) is 14.2. The van der Waals surface area contributed by atoms with Gasteiger partial charge in [-0.1, -0.05) is 66.3 Å². The van der Waals surface area contributed by atoms with Crippen LogP contribution in [0.5, 0.6) is 0 Å². The smallest absolute Gasteiger partial charge is 0.244 e. The van der Waals surface area contributed by atoms with E-state index in [2.05, 4.69) is 5.32 Å². The second kappa shape index (κ2) is 13.0. The SMILES string of the molecule is CCCNC(=O)C(CC)N(Cc1c(Cl)cccc1Cl)C(=O)CN(c1ccc(Cl)c(Cl)c1)S(C)(=O)=O. The Morgan fingerprint density at radius 2 is 1.60 bits per heavy atom. The average molecular weight is 583 g/mol. The summed E-state index contributed by atoms with van der Waals surface area (Å²) in [6, 6.07) is 8.29. The summed E-state index contributed by atoms with van der Waals surface area (Å²) in [5.41, 5.74) is 0.612. The van der Waals surface area contributed by atoms with Crippen LogP contribution in [0.15, 0.2) is 36.4 Å². The Morgan fingerprint density at radius 3 is 2.11 bits per heavy atom. The first-order chi connectivity index (χ1) is 16.4. The third-order valence-electron chi connectivity index (χ3n) is 5.20. The molecule has 0 fully saturated rings. The van der Waals surface area contributed by atoms with Crippen LogP contribution in [0.2, 0.25) is 20.1 Å². The Hall–Kier alpha value is -1.71. The Bertz CT molecular complexity index is 1160. The number of benzene rings is 2. The minimum absolute atomic E-state index is 0.0889. The summed E-state index contributed by atoms with van der Waals surface area (Å²) in [6.45, 7) is 3.45. The zero-order valence-corrected chi connectivity index (χ0v) is 23.4. The van der Waals surface area contributed by atoms with Crippen LogP contribution in [-0.4, -0.2) is 50.5 Å². The summed E-state index contributed by atoms with van der Waals surface area (Å²) in [7, 11) is -3.90. The van der Waals surface area contributed by atoms with Crippen LogP contribution in [0.25, 0.3) is 0 Å². The third kappa shape index (κ3) is 7.89. The van der Waals surface area contributed by atoms with Crippen LogP contribution in [0.3, 0.4) is 0 Å². The highest BCUT2D eigenvalue weighted by molar-refractivity contribution is 7.92. The van der Waals surface area contributed by atoms with Crippen LogP contribution in [-0.2, 0) is 26.2 Å². The van der Waals surface area contributed by atoms with Gasteiger partial charge in [0.2, 0.25) is 21.8 Å². The molecule has 0 aliphatic heterocycles. The molecule has 0 spiro atoms. The molecule has 35 heavy (non-hydrogen) atoms. The second-order valence-electron chi connectivity index (χ2n) is 7.80. The van der Waals surface area contributed by atoms with Crippen LogP contribution in [0, 0.1) is 0 Å². The fourth-order valence-electron chi connectivity index (χ4n) is 3.39. The first kappa shape index (κ1) is 29.5. The van der Waals surface area contributed by atoms with E-state index >= 15 is 0 Å². The van der Waals surface area contributed by atoms with Gasteiger partial charge < -0.3 is 10.2 Å². The summed E-state index contributed by atoms with van der Waals surface area (Å²) in [5.74, 6) is -0.970. The van der Waals surface area contributed by atoms with Gasteiger partial charge in [0.15, 0.2) is 0 Å². The minimum atomic E-state index is -3.90. The number of nitrogens with zero attached hydrogens (tertiary/aromatic N) is 2. The number of amides is 2. The van der Waals surface area contributed by atoms with Gasteiger partial charge in [-0.15, -0.1) is 0 Å². The predicted molar refractivity (Wildman–Crippen MR) is 143 cm³/mol. The fraction of sp³-hybridized carbons (Fsp3) is 0.391. The van der Waals surface area contributed by atoms with E-state index in [1.807, 2.05) is 6.92 Å². The number of carbonyl (C=O) groups excluding carboxylic acids is 2. The van der Waals surface area contributed by atoms with Gasteiger partial charge in [0.05, 0.1) is 22.0 Å². The number of halogens is 4. The Labute approximate surface area is 226 Å². The molecule has 0 aliphatic rings. The van der Waals surface area contributed by atoms with Gasteiger partial charge in [-0.3, -0.25) is 13.9 Å². The maximum absolute atomic E-state index is 13.6. The van der Waals surface area contributed by atoms with Crippen molar-refractivity contribution >= 4 is 73.9 Å². The largest absolute Gasteiger partial charge is 0.354 e. The van der Waals surface area contributed by atoms with Gasteiger partial charge in [0, 0.05) is 28.7 Å². The maximum Gasteiger partial charge on any atom is 0.244 e. The number of sulfonamides is 1. The topological polar surface area (TPSA) is 86.8 Å². The molecular formula is C23H27Cl4N3O4S. The van der Waals surface area contributed by atoms with Crippen molar-refractivity contribution in [3.63, 3.8) is 0 Å². The monoisotopic (exact) mass is 581 g/mol. The molecule has 2 aromatic rings. The van der Waals surface area contributed by atoms with Crippen LogP contribution in [0.4, 0.5) is 5.69 Å². The van der Waals surface area contributed by atoms with Gasteiger partial charge in [0.1, 0.15) is 12.6 Å². The molecule has 0 bridgehead atoms. The molecule has 192 valence electrons. The van der Waals surface area contributed by atoms with Gasteiger partial charge in [-0.25, -0.2) is 8.42 Å². The van der Waals surface area contributed by atoms with Crippen molar-refractivity contribution in [2.45, 2.75) is 39.3 Å². The number of nitrogens with one attached hydrogen (secondary N) is 1.